The molecule has 0 saturated heterocycles. The quantitative estimate of drug-likeness (QED) is 0.795. The average molecular weight is 319 g/mol. The summed E-state index contributed by atoms with van der Waals surface area (Å²) in [5, 5.41) is 8.54. The molecule has 0 atom stereocenters. The highest BCUT2D eigenvalue weighted by Crippen LogP contribution is 2.36. The van der Waals surface area contributed by atoms with Gasteiger partial charge in [-0.3, -0.25) is 4.79 Å². The minimum Gasteiger partial charge on any atom is -0.454 e. The van der Waals surface area contributed by atoms with Gasteiger partial charge in [0.15, 0.2) is 11.5 Å². The first kappa shape index (κ1) is 14.8. The van der Waals surface area contributed by atoms with Crippen LogP contribution < -0.4 is 20.1 Å². The van der Waals surface area contributed by atoms with Crippen molar-refractivity contribution in [3.05, 3.63) is 29.3 Å². The van der Waals surface area contributed by atoms with Crippen molar-refractivity contribution >= 4 is 17.2 Å². The third kappa shape index (κ3) is 3.20. The van der Waals surface area contributed by atoms with Crippen LogP contribution in [0.4, 0.5) is 0 Å². The van der Waals surface area contributed by atoms with Gasteiger partial charge < -0.3 is 20.1 Å². The maximum absolute atomic E-state index is 12.0. The first-order valence-corrected chi connectivity index (χ1v) is 8.00. The molecule has 0 saturated carbocycles. The average Bonchev–Trinajstić information content (AvgIpc) is 3.19. The normalized spacial score (nSPS) is 12.4. The number of hydrogen-bond acceptors (Lipinski definition) is 6. The highest BCUT2D eigenvalue weighted by atomic mass is 32.1. The van der Waals surface area contributed by atoms with Crippen molar-refractivity contribution in [1.29, 1.82) is 0 Å². The van der Waals surface area contributed by atoms with Crippen molar-refractivity contribution in [2.24, 2.45) is 0 Å². The van der Waals surface area contributed by atoms with E-state index in [9.17, 15) is 4.79 Å². The molecule has 0 bridgehead atoms. The van der Waals surface area contributed by atoms with Gasteiger partial charge in [0.05, 0.1) is 0 Å². The molecule has 1 amide bonds. The molecule has 6 nitrogen and oxygen atoms in total. The van der Waals surface area contributed by atoms with Crippen molar-refractivity contribution in [3.8, 4) is 22.1 Å². The van der Waals surface area contributed by atoms with Gasteiger partial charge in [-0.1, -0.05) is 6.92 Å². The van der Waals surface area contributed by atoms with Gasteiger partial charge >= 0.3 is 0 Å². The van der Waals surface area contributed by atoms with Crippen LogP contribution in [0.1, 0.15) is 17.4 Å². The summed E-state index contributed by atoms with van der Waals surface area (Å²) in [7, 11) is 0. The fourth-order valence-corrected chi connectivity index (χ4v) is 2.87. The Bertz CT molecular complexity index is 672. The molecule has 0 fully saturated rings. The highest BCUT2D eigenvalue weighted by Gasteiger charge is 2.16. The number of nitrogens with one attached hydrogen (secondary N) is 2. The number of carbonyl (C=O) groups excluding carboxylic acids is 1. The largest absolute Gasteiger partial charge is 0.454 e. The van der Waals surface area contributed by atoms with Crippen molar-refractivity contribution < 1.29 is 14.3 Å². The molecule has 0 radical (unpaired) electrons. The molecule has 7 heteroatoms. The van der Waals surface area contributed by atoms with Crippen LogP contribution in [-0.2, 0) is 0 Å². The molecular weight excluding hydrogens is 302 g/mol. The molecule has 1 aliphatic heterocycles. The van der Waals surface area contributed by atoms with E-state index < -0.39 is 0 Å². The Kier molecular flexibility index (Phi) is 4.55. The van der Waals surface area contributed by atoms with Crippen molar-refractivity contribution in [1.82, 2.24) is 15.6 Å². The van der Waals surface area contributed by atoms with Crippen LogP contribution in [0.15, 0.2) is 23.6 Å². The van der Waals surface area contributed by atoms with Crippen molar-refractivity contribution in [2.75, 3.05) is 26.4 Å². The van der Waals surface area contributed by atoms with E-state index in [2.05, 4.69) is 15.6 Å². The lowest BCUT2D eigenvalue weighted by atomic mass is 10.2. The van der Waals surface area contributed by atoms with E-state index in [4.69, 9.17) is 9.47 Å². The number of rotatable bonds is 6. The molecule has 2 aromatic rings. The summed E-state index contributed by atoms with van der Waals surface area (Å²) in [6.07, 6.45) is 0. The predicted octanol–water partition coefficient (Wildman–Crippen LogP) is 1.88. The molecule has 22 heavy (non-hydrogen) atoms. The maximum Gasteiger partial charge on any atom is 0.270 e. The van der Waals surface area contributed by atoms with Crippen LogP contribution in [0.2, 0.25) is 0 Å². The molecule has 0 aliphatic carbocycles. The number of thiazole rings is 1. The molecule has 3 rings (SSSR count). The molecular formula is C15H17N3O3S. The number of likely N-dealkylation sites (N-methyl/N-ethyl adjacent to an activating group) is 1. The van der Waals surface area contributed by atoms with E-state index >= 15 is 0 Å². The minimum absolute atomic E-state index is 0.152. The smallest absolute Gasteiger partial charge is 0.270 e. The predicted molar refractivity (Wildman–Crippen MR) is 84.5 cm³/mol. The van der Waals surface area contributed by atoms with E-state index in [0.29, 0.717) is 18.0 Å². The van der Waals surface area contributed by atoms with Gasteiger partial charge in [0.25, 0.3) is 5.91 Å². The molecule has 1 aromatic carbocycles. The zero-order valence-corrected chi connectivity index (χ0v) is 13.0. The maximum atomic E-state index is 12.0. The number of nitrogens with zero attached hydrogens (tertiary/aromatic N) is 1. The molecule has 116 valence electrons. The summed E-state index contributed by atoms with van der Waals surface area (Å²) in [5.74, 6) is 1.30. The summed E-state index contributed by atoms with van der Waals surface area (Å²) in [6.45, 7) is 4.50. The monoisotopic (exact) mass is 319 g/mol. The molecule has 0 unspecified atom stereocenters. The Balaban J connectivity index is 1.67. The van der Waals surface area contributed by atoms with Gasteiger partial charge in [0, 0.05) is 24.0 Å². The number of hydrogen-bond donors (Lipinski definition) is 2. The standard InChI is InChI=1S/C15H17N3O3S/c1-2-16-5-6-17-14(19)11-8-22-15(18-11)10-3-4-12-13(7-10)21-9-20-12/h3-4,7-8,16H,2,5-6,9H2,1H3,(H,17,19). The lowest BCUT2D eigenvalue weighted by molar-refractivity contribution is 0.0950. The third-order valence-electron chi connectivity index (χ3n) is 3.19. The van der Waals surface area contributed by atoms with Gasteiger partial charge in [-0.2, -0.15) is 0 Å². The second kappa shape index (κ2) is 6.76. The van der Waals surface area contributed by atoms with E-state index in [1.807, 2.05) is 25.1 Å². The number of amides is 1. The Labute approximate surface area is 132 Å². The van der Waals surface area contributed by atoms with Crippen LogP contribution in [0.3, 0.4) is 0 Å². The van der Waals surface area contributed by atoms with Crippen LogP contribution in [0.5, 0.6) is 11.5 Å². The zero-order chi connectivity index (χ0) is 15.4. The van der Waals surface area contributed by atoms with Crippen molar-refractivity contribution in [3.63, 3.8) is 0 Å². The number of aromatic nitrogens is 1. The Morgan fingerprint density at radius 2 is 2.18 bits per heavy atom. The first-order valence-electron chi connectivity index (χ1n) is 7.12. The SMILES string of the molecule is CCNCCNC(=O)c1csc(-c2ccc3c(c2)OCO3)n1. The summed E-state index contributed by atoms with van der Waals surface area (Å²) >= 11 is 1.44. The van der Waals surface area contributed by atoms with E-state index in [1.54, 1.807) is 5.38 Å². The molecule has 1 aromatic heterocycles. The van der Waals surface area contributed by atoms with Gasteiger partial charge in [0.2, 0.25) is 6.79 Å². The Morgan fingerprint density at radius 1 is 1.32 bits per heavy atom. The van der Waals surface area contributed by atoms with Gasteiger partial charge in [-0.05, 0) is 24.7 Å². The third-order valence-corrected chi connectivity index (χ3v) is 4.09. The number of carbonyl (C=O) groups is 1. The van der Waals surface area contributed by atoms with Gasteiger partial charge in [-0.15, -0.1) is 11.3 Å². The van der Waals surface area contributed by atoms with Crippen molar-refractivity contribution in [2.45, 2.75) is 6.92 Å². The number of fused-ring (bicyclic) bond motifs is 1. The van der Waals surface area contributed by atoms with E-state index in [1.165, 1.54) is 11.3 Å². The molecule has 1 aliphatic rings. The lowest BCUT2D eigenvalue weighted by Crippen LogP contribution is -2.31. The van der Waals surface area contributed by atoms with Crippen LogP contribution in [-0.4, -0.2) is 37.3 Å². The molecule has 0 spiro atoms. The fraction of sp³-hybridized carbons (Fsp3) is 0.333. The zero-order valence-electron chi connectivity index (χ0n) is 12.2. The second-order valence-electron chi connectivity index (χ2n) is 4.72. The van der Waals surface area contributed by atoms with Gasteiger partial charge in [0.1, 0.15) is 10.7 Å². The fourth-order valence-electron chi connectivity index (χ4n) is 2.07. The summed E-state index contributed by atoms with van der Waals surface area (Å²) < 4.78 is 10.6. The van der Waals surface area contributed by atoms with Gasteiger partial charge in [-0.25, -0.2) is 4.98 Å². The number of ether oxygens (including phenoxy) is 2. The Hall–Kier alpha value is -2.12. The summed E-state index contributed by atoms with van der Waals surface area (Å²) in [4.78, 5) is 16.4. The second-order valence-corrected chi connectivity index (χ2v) is 5.57. The molecule has 2 heterocycles. The summed E-state index contributed by atoms with van der Waals surface area (Å²) in [5.41, 5.74) is 1.36. The highest BCUT2D eigenvalue weighted by molar-refractivity contribution is 7.13. The van der Waals surface area contributed by atoms with Crippen LogP contribution in [0, 0.1) is 0 Å². The van der Waals surface area contributed by atoms with E-state index in [-0.39, 0.29) is 12.7 Å². The lowest BCUT2D eigenvalue weighted by Gasteiger charge is -2.03. The summed E-state index contributed by atoms with van der Waals surface area (Å²) in [6, 6.07) is 5.66. The van der Waals surface area contributed by atoms with Crippen LogP contribution >= 0.6 is 11.3 Å². The topological polar surface area (TPSA) is 72.5 Å². The van der Waals surface area contributed by atoms with E-state index in [0.717, 1.165) is 29.4 Å². The first-order chi connectivity index (χ1) is 10.8. The Morgan fingerprint density at radius 3 is 3.05 bits per heavy atom. The minimum atomic E-state index is -0.152. The van der Waals surface area contributed by atoms with Crippen LogP contribution in [0.25, 0.3) is 10.6 Å². The molecule has 2 N–H and O–H groups in total. The number of benzene rings is 1.